The second-order valence-corrected chi connectivity index (χ2v) is 6.98. The van der Waals surface area contributed by atoms with Crippen molar-refractivity contribution in [2.24, 2.45) is 0 Å². The van der Waals surface area contributed by atoms with Gasteiger partial charge in [-0.1, -0.05) is 6.07 Å². The summed E-state index contributed by atoms with van der Waals surface area (Å²) in [4.78, 5) is 2.74. The molecule has 1 aliphatic carbocycles. The first-order valence-corrected chi connectivity index (χ1v) is 8.09. The van der Waals surface area contributed by atoms with Gasteiger partial charge in [0.25, 0.3) is 0 Å². The highest BCUT2D eigenvalue weighted by Crippen LogP contribution is 2.34. The molecular formula is C17H21NOS. The van der Waals surface area contributed by atoms with E-state index in [0.717, 1.165) is 12.8 Å². The Bertz CT molecular complexity index is 605. The van der Waals surface area contributed by atoms with E-state index in [2.05, 4.69) is 37.4 Å². The Hall–Kier alpha value is -1.32. The summed E-state index contributed by atoms with van der Waals surface area (Å²) in [5.41, 5.74) is 2.65. The molecule has 0 aliphatic heterocycles. The topological polar surface area (TPSA) is 32.3 Å². The van der Waals surface area contributed by atoms with Crippen LogP contribution in [0.25, 0.3) is 0 Å². The van der Waals surface area contributed by atoms with Crippen molar-refractivity contribution < 1.29 is 5.11 Å². The van der Waals surface area contributed by atoms with Crippen LogP contribution in [0.1, 0.15) is 52.7 Å². The molecule has 1 heterocycles. The van der Waals surface area contributed by atoms with Crippen LogP contribution in [0.5, 0.6) is 5.75 Å². The van der Waals surface area contributed by atoms with Crippen molar-refractivity contribution in [1.29, 1.82) is 0 Å². The number of rotatable bonds is 3. The minimum absolute atomic E-state index is 0.350. The summed E-state index contributed by atoms with van der Waals surface area (Å²) in [6.45, 7) is 4.37. The van der Waals surface area contributed by atoms with E-state index in [4.69, 9.17) is 0 Å². The second-order valence-electron chi connectivity index (χ2n) is 5.66. The van der Waals surface area contributed by atoms with Crippen LogP contribution >= 0.6 is 11.3 Å². The van der Waals surface area contributed by atoms with Crippen molar-refractivity contribution in [3.63, 3.8) is 0 Å². The lowest BCUT2D eigenvalue weighted by Crippen LogP contribution is -2.27. The average Bonchev–Trinajstić information content (AvgIpc) is 2.86. The standard InChI is InChI=1S/C17H21NOS/c1-11-6-9-17(20-11)12(2)18-16-5-3-4-13-7-8-14(19)10-15(13)16/h6-10,12,16,18-19H,3-5H2,1-2H3. The second kappa shape index (κ2) is 5.58. The quantitative estimate of drug-likeness (QED) is 0.871. The third-order valence-corrected chi connectivity index (χ3v) is 5.27. The average molecular weight is 287 g/mol. The van der Waals surface area contributed by atoms with Gasteiger partial charge in [-0.2, -0.15) is 0 Å². The van der Waals surface area contributed by atoms with Crippen LogP contribution in [0.3, 0.4) is 0 Å². The van der Waals surface area contributed by atoms with Gasteiger partial charge in [-0.15, -0.1) is 11.3 Å². The highest BCUT2D eigenvalue weighted by atomic mass is 32.1. The van der Waals surface area contributed by atoms with Crippen molar-refractivity contribution >= 4 is 11.3 Å². The van der Waals surface area contributed by atoms with Crippen molar-refractivity contribution in [2.75, 3.05) is 0 Å². The number of fused-ring (bicyclic) bond motifs is 1. The fourth-order valence-electron chi connectivity index (χ4n) is 3.03. The first kappa shape index (κ1) is 13.7. The largest absolute Gasteiger partial charge is 0.508 e. The molecule has 106 valence electrons. The third kappa shape index (κ3) is 2.74. The maximum absolute atomic E-state index is 9.73. The molecule has 2 unspecified atom stereocenters. The van der Waals surface area contributed by atoms with Crippen LogP contribution in [0, 0.1) is 6.92 Å². The fourth-order valence-corrected chi connectivity index (χ4v) is 3.92. The lowest BCUT2D eigenvalue weighted by Gasteiger charge is -2.29. The summed E-state index contributed by atoms with van der Waals surface area (Å²) in [5.74, 6) is 0.372. The van der Waals surface area contributed by atoms with Crippen LogP contribution in [0.2, 0.25) is 0 Å². The molecule has 3 rings (SSSR count). The van der Waals surface area contributed by atoms with Crippen LogP contribution in [-0.4, -0.2) is 5.11 Å². The van der Waals surface area contributed by atoms with Crippen molar-refractivity contribution in [3.8, 4) is 5.75 Å². The van der Waals surface area contributed by atoms with Crippen LogP contribution in [0.4, 0.5) is 0 Å². The zero-order valence-corrected chi connectivity index (χ0v) is 12.8. The number of nitrogens with one attached hydrogen (secondary N) is 1. The van der Waals surface area contributed by atoms with Gasteiger partial charge in [-0.3, -0.25) is 0 Å². The fraction of sp³-hybridized carbons (Fsp3) is 0.412. The van der Waals surface area contributed by atoms with Crippen LogP contribution < -0.4 is 5.32 Å². The van der Waals surface area contributed by atoms with E-state index < -0.39 is 0 Å². The van der Waals surface area contributed by atoms with Gasteiger partial charge in [0.05, 0.1) is 0 Å². The molecule has 0 bridgehead atoms. The minimum atomic E-state index is 0.350. The molecule has 1 aromatic carbocycles. The summed E-state index contributed by atoms with van der Waals surface area (Å²) < 4.78 is 0. The lowest BCUT2D eigenvalue weighted by molar-refractivity contribution is 0.413. The van der Waals surface area contributed by atoms with E-state index in [1.54, 1.807) is 6.07 Å². The number of benzene rings is 1. The van der Waals surface area contributed by atoms with Gasteiger partial charge in [0.1, 0.15) is 5.75 Å². The number of phenolic OH excluding ortho intramolecular Hbond substituents is 1. The van der Waals surface area contributed by atoms with Crippen molar-refractivity contribution in [2.45, 2.75) is 45.2 Å². The lowest BCUT2D eigenvalue weighted by atomic mass is 9.87. The van der Waals surface area contributed by atoms with E-state index in [9.17, 15) is 5.11 Å². The summed E-state index contributed by atoms with van der Waals surface area (Å²) in [5, 5.41) is 13.5. The SMILES string of the molecule is Cc1ccc(C(C)NC2CCCc3ccc(O)cc32)s1. The zero-order valence-electron chi connectivity index (χ0n) is 12.0. The Morgan fingerprint density at radius 1 is 1.30 bits per heavy atom. The molecule has 3 heteroatoms. The smallest absolute Gasteiger partial charge is 0.115 e. The normalized spacial score (nSPS) is 19.6. The van der Waals surface area contributed by atoms with Crippen molar-refractivity contribution in [3.05, 3.63) is 51.2 Å². The molecule has 0 radical (unpaired) electrons. The monoisotopic (exact) mass is 287 g/mol. The highest BCUT2D eigenvalue weighted by molar-refractivity contribution is 7.12. The van der Waals surface area contributed by atoms with Gasteiger partial charge in [-0.25, -0.2) is 0 Å². The molecular weight excluding hydrogens is 266 g/mol. The number of aromatic hydroxyl groups is 1. The first-order valence-electron chi connectivity index (χ1n) is 7.27. The molecule has 0 saturated heterocycles. The maximum atomic E-state index is 9.73. The molecule has 2 aromatic rings. The summed E-state index contributed by atoms with van der Waals surface area (Å²) in [6.07, 6.45) is 3.48. The van der Waals surface area contributed by atoms with E-state index >= 15 is 0 Å². The predicted octanol–water partition coefficient (Wildman–Crippen LogP) is 4.49. The molecule has 0 spiro atoms. The van der Waals surface area contributed by atoms with E-state index in [-0.39, 0.29) is 0 Å². The van der Waals surface area contributed by atoms with Gasteiger partial charge in [-0.05, 0) is 68.5 Å². The Morgan fingerprint density at radius 2 is 2.15 bits per heavy atom. The minimum Gasteiger partial charge on any atom is -0.508 e. The van der Waals surface area contributed by atoms with Gasteiger partial charge >= 0.3 is 0 Å². The molecule has 2 N–H and O–H groups in total. The molecule has 2 nitrogen and oxygen atoms in total. The van der Waals surface area contributed by atoms with E-state index in [1.165, 1.54) is 27.3 Å². The van der Waals surface area contributed by atoms with Crippen molar-refractivity contribution in [1.82, 2.24) is 5.32 Å². The van der Waals surface area contributed by atoms with Gasteiger partial charge in [0.2, 0.25) is 0 Å². The Kier molecular flexibility index (Phi) is 3.81. The molecule has 1 aliphatic rings. The highest BCUT2D eigenvalue weighted by Gasteiger charge is 2.22. The van der Waals surface area contributed by atoms with Gasteiger partial charge < -0.3 is 10.4 Å². The maximum Gasteiger partial charge on any atom is 0.115 e. The summed E-state index contributed by atoms with van der Waals surface area (Å²) >= 11 is 1.86. The summed E-state index contributed by atoms with van der Waals surface area (Å²) in [6, 6.07) is 10.9. The molecule has 0 amide bonds. The molecule has 2 atom stereocenters. The van der Waals surface area contributed by atoms with E-state index in [1.807, 2.05) is 17.4 Å². The van der Waals surface area contributed by atoms with Crippen LogP contribution in [-0.2, 0) is 6.42 Å². The molecule has 0 saturated carbocycles. The number of hydrogen-bond donors (Lipinski definition) is 2. The Morgan fingerprint density at radius 3 is 2.90 bits per heavy atom. The number of hydrogen-bond acceptors (Lipinski definition) is 3. The molecule has 0 fully saturated rings. The zero-order chi connectivity index (χ0) is 14.1. The Balaban J connectivity index is 1.80. The first-order chi connectivity index (χ1) is 9.63. The predicted molar refractivity (Wildman–Crippen MR) is 84.4 cm³/mol. The number of thiophene rings is 1. The third-order valence-electron chi connectivity index (χ3n) is 4.08. The summed E-state index contributed by atoms with van der Waals surface area (Å²) in [7, 11) is 0. The molecule has 20 heavy (non-hydrogen) atoms. The number of aryl methyl sites for hydroxylation is 2. The van der Waals surface area contributed by atoms with Gasteiger partial charge in [0.15, 0.2) is 0 Å². The molecule has 1 aromatic heterocycles. The Labute approximate surface area is 124 Å². The van der Waals surface area contributed by atoms with Crippen LogP contribution in [0.15, 0.2) is 30.3 Å². The number of phenols is 1. The van der Waals surface area contributed by atoms with Gasteiger partial charge in [0, 0.05) is 21.8 Å². The van der Waals surface area contributed by atoms with E-state index in [0.29, 0.717) is 17.8 Å².